The summed E-state index contributed by atoms with van der Waals surface area (Å²) < 4.78 is 2.04. The van der Waals surface area contributed by atoms with Crippen molar-refractivity contribution < 1.29 is 4.79 Å². The highest BCUT2D eigenvalue weighted by atomic mass is 32.2. The predicted molar refractivity (Wildman–Crippen MR) is 110 cm³/mol. The SMILES string of the molecule is Cc1ccccc1SC1CCN(C(=O)Cc2cnc3c(C)cccn23)CC1. The van der Waals surface area contributed by atoms with Gasteiger partial charge in [0.1, 0.15) is 5.65 Å². The van der Waals surface area contributed by atoms with Crippen molar-refractivity contribution in [3.8, 4) is 0 Å². The van der Waals surface area contributed by atoms with Crippen LogP contribution in [-0.4, -0.2) is 38.5 Å². The van der Waals surface area contributed by atoms with Crippen molar-refractivity contribution in [1.29, 1.82) is 0 Å². The van der Waals surface area contributed by atoms with E-state index in [0.717, 1.165) is 42.8 Å². The molecule has 4 rings (SSSR count). The molecule has 1 aliphatic rings. The smallest absolute Gasteiger partial charge is 0.228 e. The fourth-order valence-electron chi connectivity index (χ4n) is 3.69. The van der Waals surface area contributed by atoms with Crippen molar-refractivity contribution in [2.45, 2.75) is 43.3 Å². The number of aryl methyl sites for hydroxylation is 2. The summed E-state index contributed by atoms with van der Waals surface area (Å²) in [6.45, 7) is 5.90. The van der Waals surface area contributed by atoms with E-state index in [0.29, 0.717) is 11.7 Å². The Morgan fingerprint density at radius 3 is 2.63 bits per heavy atom. The molecule has 2 aromatic heterocycles. The zero-order chi connectivity index (χ0) is 18.8. The van der Waals surface area contributed by atoms with Gasteiger partial charge < -0.3 is 9.30 Å². The monoisotopic (exact) mass is 379 g/mol. The van der Waals surface area contributed by atoms with Gasteiger partial charge in [-0.25, -0.2) is 4.98 Å². The topological polar surface area (TPSA) is 37.6 Å². The molecule has 3 aromatic rings. The number of likely N-dealkylation sites (tertiary alicyclic amines) is 1. The number of nitrogens with zero attached hydrogens (tertiary/aromatic N) is 3. The number of pyridine rings is 1. The van der Waals surface area contributed by atoms with Gasteiger partial charge in [-0.05, 0) is 49.9 Å². The molecule has 3 heterocycles. The minimum absolute atomic E-state index is 0.206. The van der Waals surface area contributed by atoms with Crippen LogP contribution in [0, 0.1) is 13.8 Å². The fourth-order valence-corrected chi connectivity index (χ4v) is 4.91. The minimum Gasteiger partial charge on any atom is -0.342 e. The number of benzene rings is 1. The van der Waals surface area contributed by atoms with E-state index < -0.39 is 0 Å². The molecule has 0 atom stereocenters. The molecule has 0 bridgehead atoms. The Morgan fingerprint density at radius 2 is 1.85 bits per heavy atom. The Morgan fingerprint density at radius 1 is 1.11 bits per heavy atom. The van der Waals surface area contributed by atoms with E-state index in [-0.39, 0.29) is 5.91 Å². The molecule has 0 aliphatic carbocycles. The number of fused-ring (bicyclic) bond motifs is 1. The molecular weight excluding hydrogens is 354 g/mol. The van der Waals surface area contributed by atoms with Crippen LogP contribution in [0.15, 0.2) is 53.7 Å². The zero-order valence-electron chi connectivity index (χ0n) is 15.9. The van der Waals surface area contributed by atoms with Gasteiger partial charge in [0.05, 0.1) is 12.1 Å². The van der Waals surface area contributed by atoms with Crippen molar-refractivity contribution >= 4 is 23.3 Å². The molecule has 0 saturated carbocycles. The zero-order valence-corrected chi connectivity index (χ0v) is 16.7. The first-order valence-corrected chi connectivity index (χ1v) is 10.4. The number of carbonyl (C=O) groups is 1. The van der Waals surface area contributed by atoms with Gasteiger partial charge in [0.25, 0.3) is 0 Å². The first-order valence-electron chi connectivity index (χ1n) is 9.53. The largest absolute Gasteiger partial charge is 0.342 e. The number of hydrogen-bond acceptors (Lipinski definition) is 3. The third-order valence-corrected chi connectivity index (χ3v) is 6.84. The van der Waals surface area contributed by atoms with E-state index in [1.165, 1.54) is 10.5 Å². The molecule has 0 radical (unpaired) electrons. The molecule has 1 saturated heterocycles. The quantitative estimate of drug-likeness (QED) is 0.679. The van der Waals surface area contributed by atoms with Crippen LogP contribution in [0.3, 0.4) is 0 Å². The van der Waals surface area contributed by atoms with Crippen LogP contribution in [0.5, 0.6) is 0 Å². The number of hydrogen-bond donors (Lipinski definition) is 0. The van der Waals surface area contributed by atoms with Gasteiger partial charge in [-0.3, -0.25) is 4.79 Å². The van der Waals surface area contributed by atoms with Gasteiger partial charge in [0.2, 0.25) is 5.91 Å². The normalized spacial score (nSPS) is 15.4. The number of imidazole rings is 1. The molecule has 140 valence electrons. The molecule has 0 N–H and O–H groups in total. The van der Waals surface area contributed by atoms with E-state index in [2.05, 4.69) is 36.2 Å². The molecule has 4 nitrogen and oxygen atoms in total. The van der Waals surface area contributed by atoms with Gasteiger partial charge in [0, 0.05) is 35.6 Å². The van der Waals surface area contributed by atoms with Gasteiger partial charge >= 0.3 is 0 Å². The van der Waals surface area contributed by atoms with Crippen LogP contribution in [-0.2, 0) is 11.2 Å². The minimum atomic E-state index is 0.206. The van der Waals surface area contributed by atoms with Crippen LogP contribution < -0.4 is 0 Å². The Balaban J connectivity index is 1.36. The second-order valence-corrected chi connectivity index (χ2v) is 8.62. The third-order valence-electron chi connectivity index (χ3n) is 5.32. The summed E-state index contributed by atoms with van der Waals surface area (Å²) >= 11 is 1.96. The lowest BCUT2D eigenvalue weighted by molar-refractivity contribution is -0.131. The maximum absolute atomic E-state index is 12.8. The molecule has 0 unspecified atom stereocenters. The summed E-state index contributed by atoms with van der Waals surface area (Å²) in [4.78, 5) is 20.6. The molecule has 0 spiro atoms. The number of rotatable bonds is 4. The van der Waals surface area contributed by atoms with Crippen molar-refractivity contribution in [3.63, 3.8) is 0 Å². The Bertz CT molecular complexity index is 957. The van der Waals surface area contributed by atoms with Crippen LogP contribution in [0.25, 0.3) is 5.65 Å². The molecule has 5 heteroatoms. The van der Waals surface area contributed by atoms with Crippen LogP contribution in [0.1, 0.15) is 29.7 Å². The first kappa shape index (κ1) is 18.1. The van der Waals surface area contributed by atoms with Crippen molar-refractivity contribution in [3.05, 3.63) is 65.6 Å². The maximum atomic E-state index is 12.8. The molecule has 1 amide bonds. The highest BCUT2D eigenvalue weighted by molar-refractivity contribution is 8.00. The number of carbonyl (C=O) groups excluding carboxylic acids is 1. The molecule has 1 fully saturated rings. The summed E-state index contributed by atoms with van der Waals surface area (Å²) in [5.74, 6) is 0.206. The number of amides is 1. The molecule has 1 aliphatic heterocycles. The average molecular weight is 380 g/mol. The van der Waals surface area contributed by atoms with E-state index in [1.807, 2.05) is 52.5 Å². The second-order valence-electron chi connectivity index (χ2n) is 7.27. The van der Waals surface area contributed by atoms with E-state index in [4.69, 9.17) is 0 Å². The van der Waals surface area contributed by atoms with Crippen LogP contribution >= 0.6 is 11.8 Å². The van der Waals surface area contributed by atoms with E-state index in [1.54, 1.807) is 0 Å². The Kier molecular flexibility index (Phi) is 5.21. The van der Waals surface area contributed by atoms with Gasteiger partial charge in [-0.2, -0.15) is 0 Å². The Hall–Kier alpha value is -2.27. The van der Waals surface area contributed by atoms with Crippen molar-refractivity contribution in [2.24, 2.45) is 0 Å². The van der Waals surface area contributed by atoms with Gasteiger partial charge in [0.15, 0.2) is 0 Å². The highest BCUT2D eigenvalue weighted by Gasteiger charge is 2.24. The Labute approximate surface area is 164 Å². The second kappa shape index (κ2) is 7.77. The van der Waals surface area contributed by atoms with Crippen molar-refractivity contribution in [1.82, 2.24) is 14.3 Å². The first-order chi connectivity index (χ1) is 13.1. The standard InChI is InChI=1S/C22H25N3OS/c1-16-6-3-4-8-20(16)27-19-9-12-24(13-10-19)21(26)14-18-15-23-22-17(2)7-5-11-25(18)22/h3-8,11,15,19H,9-10,12-14H2,1-2H3. The van der Waals surface area contributed by atoms with Gasteiger partial charge in [-0.1, -0.05) is 24.3 Å². The average Bonchev–Trinajstić information content (AvgIpc) is 3.08. The lowest BCUT2D eigenvalue weighted by atomic mass is 10.1. The summed E-state index contributed by atoms with van der Waals surface area (Å²) in [6, 6.07) is 12.6. The molecule has 1 aromatic carbocycles. The summed E-state index contributed by atoms with van der Waals surface area (Å²) in [5.41, 5.74) is 4.37. The van der Waals surface area contributed by atoms with E-state index in [9.17, 15) is 4.79 Å². The fraction of sp³-hybridized carbons (Fsp3) is 0.364. The highest BCUT2D eigenvalue weighted by Crippen LogP contribution is 2.32. The number of aromatic nitrogens is 2. The summed E-state index contributed by atoms with van der Waals surface area (Å²) in [5, 5.41) is 0.591. The number of thioether (sulfide) groups is 1. The van der Waals surface area contributed by atoms with Crippen molar-refractivity contribution in [2.75, 3.05) is 13.1 Å². The summed E-state index contributed by atoms with van der Waals surface area (Å²) in [7, 11) is 0. The van der Waals surface area contributed by atoms with E-state index >= 15 is 0 Å². The lowest BCUT2D eigenvalue weighted by Gasteiger charge is -2.32. The van der Waals surface area contributed by atoms with Crippen LogP contribution in [0.4, 0.5) is 0 Å². The van der Waals surface area contributed by atoms with Crippen LogP contribution in [0.2, 0.25) is 0 Å². The van der Waals surface area contributed by atoms with Gasteiger partial charge in [-0.15, -0.1) is 11.8 Å². The summed E-state index contributed by atoms with van der Waals surface area (Å²) in [6.07, 6.45) is 6.35. The number of piperidine rings is 1. The molecule has 27 heavy (non-hydrogen) atoms. The molecular formula is C22H25N3OS. The lowest BCUT2D eigenvalue weighted by Crippen LogP contribution is -2.40. The maximum Gasteiger partial charge on any atom is 0.228 e. The predicted octanol–water partition coefficient (Wildman–Crippen LogP) is 4.28. The third kappa shape index (κ3) is 3.88.